The summed E-state index contributed by atoms with van der Waals surface area (Å²) < 4.78 is 5.87. The van der Waals surface area contributed by atoms with Crippen LogP contribution >= 0.6 is 23.1 Å². The van der Waals surface area contributed by atoms with Crippen LogP contribution in [0.4, 0.5) is 5.13 Å². The molecule has 0 bridgehead atoms. The molecular formula is C11H12N4O2S2. The van der Waals surface area contributed by atoms with Gasteiger partial charge in [0.15, 0.2) is 4.34 Å². The molecule has 0 unspecified atom stereocenters. The van der Waals surface area contributed by atoms with Gasteiger partial charge in [-0.1, -0.05) is 23.1 Å². The fraction of sp³-hybridized carbons (Fsp3) is 0.273. The van der Waals surface area contributed by atoms with Crippen molar-refractivity contribution in [2.45, 2.75) is 17.0 Å². The van der Waals surface area contributed by atoms with Crippen LogP contribution in [0.15, 0.2) is 22.7 Å². The Morgan fingerprint density at radius 1 is 1.53 bits per heavy atom. The number of methoxy groups -OCH3 is 1. The largest absolute Gasteiger partial charge is 0.481 e. The van der Waals surface area contributed by atoms with Gasteiger partial charge in [0.2, 0.25) is 16.9 Å². The van der Waals surface area contributed by atoms with Gasteiger partial charge in [-0.05, 0) is 11.6 Å². The van der Waals surface area contributed by atoms with Crippen LogP contribution < -0.4 is 10.1 Å². The highest BCUT2D eigenvalue weighted by Gasteiger charge is 2.06. The molecule has 0 aliphatic heterocycles. The first-order chi connectivity index (χ1) is 9.17. The molecule has 0 saturated carbocycles. The van der Waals surface area contributed by atoms with Crippen molar-refractivity contribution in [1.82, 2.24) is 15.2 Å². The first-order valence-electron chi connectivity index (χ1n) is 5.40. The molecule has 2 heterocycles. The molecule has 0 saturated heterocycles. The van der Waals surface area contributed by atoms with E-state index in [4.69, 9.17) is 4.74 Å². The van der Waals surface area contributed by atoms with E-state index in [1.807, 2.05) is 12.1 Å². The normalized spacial score (nSPS) is 10.2. The molecule has 0 aromatic carbocycles. The number of nitrogens with one attached hydrogen (secondary N) is 1. The van der Waals surface area contributed by atoms with Gasteiger partial charge in [0.25, 0.3) is 0 Å². The molecule has 0 atom stereocenters. The van der Waals surface area contributed by atoms with Gasteiger partial charge in [-0.25, -0.2) is 4.98 Å². The molecular weight excluding hydrogens is 284 g/mol. The number of hydrogen-bond acceptors (Lipinski definition) is 7. The number of ether oxygens (including phenoxy) is 1. The van der Waals surface area contributed by atoms with Gasteiger partial charge in [-0.2, -0.15) is 0 Å². The third-order valence-corrected chi connectivity index (χ3v) is 4.10. The van der Waals surface area contributed by atoms with Crippen molar-refractivity contribution >= 4 is 34.1 Å². The van der Waals surface area contributed by atoms with Crippen LogP contribution in [0, 0.1) is 0 Å². The van der Waals surface area contributed by atoms with E-state index in [9.17, 15) is 4.79 Å². The number of anilines is 1. The van der Waals surface area contributed by atoms with Gasteiger partial charge in [-0.15, -0.1) is 10.2 Å². The van der Waals surface area contributed by atoms with E-state index in [0.717, 1.165) is 15.7 Å². The summed E-state index contributed by atoms with van der Waals surface area (Å²) in [6.07, 6.45) is 1.71. The third-order valence-electron chi connectivity index (χ3n) is 2.06. The molecule has 0 aliphatic carbocycles. The van der Waals surface area contributed by atoms with Gasteiger partial charge < -0.3 is 10.1 Å². The number of pyridine rings is 1. The zero-order chi connectivity index (χ0) is 13.7. The topological polar surface area (TPSA) is 77.0 Å². The lowest BCUT2D eigenvalue weighted by Crippen LogP contribution is -2.04. The lowest BCUT2D eigenvalue weighted by molar-refractivity contribution is -0.114. The summed E-state index contributed by atoms with van der Waals surface area (Å²) in [5.41, 5.74) is 1.09. The number of thioether (sulfide) groups is 1. The fourth-order valence-corrected chi connectivity index (χ4v) is 3.01. The maximum Gasteiger partial charge on any atom is 0.223 e. The lowest BCUT2D eigenvalue weighted by Gasteiger charge is -2.01. The van der Waals surface area contributed by atoms with Crippen molar-refractivity contribution < 1.29 is 9.53 Å². The fourth-order valence-electron chi connectivity index (χ4n) is 1.27. The number of hydrogen-bond donors (Lipinski definition) is 1. The van der Waals surface area contributed by atoms with Crippen LogP contribution in [0.25, 0.3) is 0 Å². The first-order valence-corrected chi connectivity index (χ1v) is 7.20. The summed E-state index contributed by atoms with van der Waals surface area (Å²) in [7, 11) is 1.59. The highest BCUT2D eigenvalue weighted by Crippen LogP contribution is 2.28. The van der Waals surface area contributed by atoms with Crippen LogP contribution in [0.2, 0.25) is 0 Å². The average Bonchev–Trinajstić information content (AvgIpc) is 2.83. The van der Waals surface area contributed by atoms with Gasteiger partial charge >= 0.3 is 0 Å². The van der Waals surface area contributed by atoms with Gasteiger partial charge in [-0.3, -0.25) is 4.79 Å². The smallest absolute Gasteiger partial charge is 0.223 e. The summed E-state index contributed by atoms with van der Waals surface area (Å²) in [4.78, 5) is 14.9. The van der Waals surface area contributed by atoms with Crippen molar-refractivity contribution in [1.29, 1.82) is 0 Å². The Balaban J connectivity index is 1.94. The summed E-state index contributed by atoms with van der Waals surface area (Å²) in [6.45, 7) is 1.44. The zero-order valence-corrected chi connectivity index (χ0v) is 12.0. The number of carbonyl (C=O) groups is 1. The van der Waals surface area contributed by atoms with Crippen molar-refractivity contribution in [3.8, 4) is 5.88 Å². The second-order valence-corrected chi connectivity index (χ2v) is 5.75. The highest BCUT2D eigenvalue weighted by atomic mass is 32.2. The number of carbonyl (C=O) groups excluding carboxylic acids is 1. The summed E-state index contributed by atoms with van der Waals surface area (Å²) in [5.74, 6) is 1.19. The minimum Gasteiger partial charge on any atom is -0.481 e. The predicted octanol–water partition coefficient (Wildman–Crippen LogP) is 2.19. The summed E-state index contributed by atoms with van der Waals surface area (Å²) in [6, 6.07) is 3.80. The van der Waals surface area contributed by atoms with E-state index >= 15 is 0 Å². The molecule has 1 N–H and O–H groups in total. The van der Waals surface area contributed by atoms with Crippen molar-refractivity contribution in [2.75, 3.05) is 12.4 Å². The Labute approximate surface area is 118 Å². The molecule has 2 aromatic rings. The Hall–Kier alpha value is -1.67. The highest BCUT2D eigenvalue weighted by molar-refractivity contribution is 8.00. The van der Waals surface area contributed by atoms with Crippen LogP contribution in [0.5, 0.6) is 5.88 Å². The summed E-state index contributed by atoms with van der Waals surface area (Å²) in [5, 5.41) is 11.0. The average molecular weight is 296 g/mol. The number of aromatic nitrogens is 3. The number of amides is 1. The standard InChI is InChI=1S/C11H12N4O2S2/c1-7(16)13-10-14-15-11(19-10)18-6-8-3-4-12-9(5-8)17-2/h3-5H,6H2,1-2H3,(H,13,14,16). The minimum atomic E-state index is -0.147. The monoisotopic (exact) mass is 296 g/mol. The minimum absolute atomic E-state index is 0.147. The Morgan fingerprint density at radius 3 is 3.11 bits per heavy atom. The van der Waals surface area contributed by atoms with E-state index in [-0.39, 0.29) is 5.91 Å². The van der Waals surface area contributed by atoms with Crippen LogP contribution in [-0.2, 0) is 10.5 Å². The Bertz CT molecular complexity index is 573. The Morgan fingerprint density at radius 2 is 2.37 bits per heavy atom. The Kier molecular flexibility index (Phi) is 4.69. The van der Waals surface area contributed by atoms with Crippen LogP contribution in [-0.4, -0.2) is 28.2 Å². The van der Waals surface area contributed by atoms with Gasteiger partial charge in [0, 0.05) is 24.9 Å². The van der Waals surface area contributed by atoms with Crippen molar-refractivity contribution in [3.05, 3.63) is 23.9 Å². The number of nitrogens with zero attached hydrogens (tertiary/aromatic N) is 3. The van der Waals surface area contributed by atoms with Gasteiger partial charge in [0.1, 0.15) is 0 Å². The summed E-state index contributed by atoms with van der Waals surface area (Å²) >= 11 is 2.90. The maximum absolute atomic E-state index is 10.9. The van der Waals surface area contributed by atoms with E-state index in [0.29, 0.717) is 11.0 Å². The maximum atomic E-state index is 10.9. The zero-order valence-electron chi connectivity index (χ0n) is 10.4. The molecule has 0 spiro atoms. The van der Waals surface area contributed by atoms with E-state index in [1.165, 1.54) is 18.3 Å². The molecule has 0 fully saturated rings. The molecule has 100 valence electrons. The molecule has 19 heavy (non-hydrogen) atoms. The first kappa shape index (κ1) is 13.8. The molecule has 0 aliphatic rings. The molecule has 2 rings (SSSR count). The predicted molar refractivity (Wildman–Crippen MR) is 74.6 cm³/mol. The molecule has 2 aromatic heterocycles. The molecule has 6 nitrogen and oxygen atoms in total. The number of rotatable bonds is 5. The SMILES string of the molecule is COc1cc(CSc2nnc(NC(C)=O)s2)ccn1. The van der Waals surface area contributed by atoms with E-state index in [1.54, 1.807) is 25.1 Å². The quantitative estimate of drug-likeness (QED) is 0.673. The van der Waals surface area contributed by atoms with Crippen molar-refractivity contribution in [3.63, 3.8) is 0 Å². The molecule has 8 heteroatoms. The van der Waals surface area contributed by atoms with Crippen LogP contribution in [0.1, 0.15) is 12.5 Å². The second kappa shape index (κ2) is 6.48. The second-order valence-electron chi connectivity index (χ2n) is 3.55. The molecule has 0 radical (unpaired) electrons. The third kappa shape index (κ3) is 4.18. The van der Waals surface area contributed by atoms with Crippen molar-refractivity contribution in [2.24, 2.45) is 0 Å². The van der Waals surface area contributed by atoms with E-state index < -0.39 is 0 Å². The molecule has 1 amide bonds. The van der Waals surface area contributed by atoms with Crippen LogP contribution in [0.3, 0.4) is 0 Å². The van der Waals surface area contributed by atoms with E-state index in [2.05, 4.69) is 20.5 Å². The lowest BCUT2D eigenvalue weighted by atomic mass is 10.3. The van der Waals surface area contributed by atoms with Gasteiger partial charge in [0.05, 0.1) is 7.11 Å².